The van der Waals surface area contributed by atoms with Gasteiger partial charge in [0.25, 0.3) is 0 Å². The lowest BCUT2D eigenvalue weighted by Crippen LogP contribution is -2.26. The van der Waals surface area contributed by atoms with Crippen molar-refractivity contribution in [2.24, 2.45) is 0 Å². The van der Waals surface area contributed by atoms with E-state index in [0.29, 0.717) is 0 Å². The van der Waals surface area contributed by atoms with Crippen LogP contribution in [0.25, 0.3) is 21.0 Å². The summed E-state index contributed by atoms with van der Waals surface area (Å²) in [6.07, 6.45) is 1.14. The van der Waals surface area contributed by atoms with Crippen LogP contribution in [-0.4, -0.2) is 23.5 Å². The first kappa shape index (κ1) is 9.68. The third-order valence-corrected chi connectivity index (χ3v) is 4.64. The van der Waals surface area contributed by atoms with Crippen LogP contribution < -0.4 is 0 Å². The molecule has 3 heteroatoms. The molecular formula is C14H14N2S. The van der Waals surface area contributed by atoms with Crippen LogP contribution in [0.15, 0.2) is 23.6 Å². The molecule has 0 bridgehead atoms. The Morgan fingerprint density at radius 3 is 3.18 bits per heavy atom. The van der Waals surface area contributed by atoms with E-state index in [1.54, 1.807) is 0 Å². The molecule has 1 aliphatic rings. The summed E-state index contributed by atoms with van der Waals surface area (Å²) in [4.78, 5) is 6.00. The third-order valence-electron chi connectivity index (χ3n) is 3.76. The Hall–Kier alpha value is -1.32. The summed E-state index contributed by atoms with van der Waals surface area (Å²) in [5.74, 6) is 0. The molecule has 0 atom stereocenters. The summed E-state index contributed by atoms with van der Waals surface area (Å²) in [6.45, 7) is 2.23. The van der Waals surface area contributed by atoms with Crippen molar-refractivity contribution < 1.29 is 0 Å². The van der Waals surface area contributed by atoms with E-state index in [-0.39, 0.29) is 0 Å². The van der Waals surface area contributed by atoms with E-state index in [2.05, 4.69) is 40.5 Å². The van der Waals surface area contributed by atoms with Crippen LogP contribution >= 0.6 is 11.3 Å². The quantitative estimate of drug-likeness (QED) is 0.640. The minimum Gasteiger partial charge on any atom is -0.358 e. The normalized spacial score (nSPS) is 16.8. The number of hydrogen-bond acceptors (Lipinski definition) is 2. The Balaban J connectivity index is 2.14. The second-order valence-electron chi connectivity index (χ2n) is 4.89. The maximum absolute atomic E-state index is 3.60. The van der Waals surface area contributed by atoms with Crippen LogP contribution in [-0.2, 0) is 13.0 Å². The molecule has 2 aromatic heterocycles. The number of nitrogens with zero attached hydrogens (tertiary/aromatic N) is 1. The van der Waals surface area contributed by atoms with Gasteiger partial charge in [-0.05, 0) is 36.2 Å². The second-order valence-corrected chi connectivity index (χ2v) is 5.84. The molecule has 0 unspecified atom stereocenters. The van der Waals surface area contributed by atoms with E-state index in [9.17, 15) is 0 Å². The Morgan fingerprint density at radius 1 is 1.29 bits per heavy atom. The van der Waals surface area contributed by atoms with Crippen molar-refractivity contribution in [3.05, 3.63) is 34.8 Å². The van der Waals surface area contributed by atoms with Crippen molar-refractivity contribution in [1.29, 1.82) is 0 Å². The lowest BCUT2D eigenvalue weighted by molar-refractivity contribution is 0.313. The molecule has 0 saturated carbocycles. The average Bonchev–Trinajstić information content (AvgIpc) is 2.90. The molecule has 1 N–H and O–H groups in total. The highest BCUT2D eigenvalue weighted by molar-refractivity contribution is 7.17. The smallest absolute Gasteiger partial charge is 0.0466 e. The van der Waals surface area contributed by atoms with Gasteiger partial charge >= 0.3 is 0 Å². The summed E-state index contributed by atoms with van der Waals surface area (Å²) in [6, 6.07) is 6.71. The maximum atomic E-state index is 3.60. The van der Waals surface area contributed by atoms with Gasteiger partial charge < -0.3 is 9.88 Å². The summed E-state index contributed by atoms with van der Waals surface area (Å²) in [5.41, 5.74) is 4.26. The number of rotatable bonds is 0. The lowest BCUT2D eigenvalue weighted by atomic mass is 10.0. The molecule has 17 heavy (non-hydrogen) atoms. The minimum absolute atomic E-state index is 1.07. The number of fused-ring (bicyclic) bond motifs is 5. The largest absolute Gasteiger partial charge is 0.358 e. The molecule has 1 aromatic carbocycles. The van der Waals surface area contributed by atoms with Crippen molar-refractivity contribution in [3.63, 3.8) is 0 Å². The number of hydrogen-bond donors (Lipinski definition) is 1. The summed E-state index contributed by atoms with van der Waals surface area (Å²) >= 11 is 1.83. The summed E-state index contributed by atoms with van der Waals surface area (Å²) in [7, 11) is 2.20. The van der Waals surface area contributed by atoms with Gasteiger partial charge in [0, 0.05) is 46.2 Å². The highest BCUT2D eigenvalue weighted by Gasteiger charge is 2.19. The third kappa shape index (κ3) is 1.30. The number of H-pyrrole nitrogens is 1. The molecule has 3 heterocycles. The molecule has 0 saturated heterocycles. The fraction of sp³-hybridized carbons (Fsp3) is 0.286. The number of aromatic amines is 1. The number of nitrogens with one attached hydrogen (secondary N) is 1. The van der Waals surface area contributed by atoms with Gasteiger partial charge in [0.2, 0.25) is 0 Å². The van der Waals surface area contributed by atoms with Crippen LogP contribution in [0, 0.1) is 0 Å². The van der Waals surface area contributed by atoms with Crippen LogP contribution in [0.5, 0.6) is 0 Å². The van der Waals surface area contributed by atoms with E-state index in [4.69, 9.17) is 0 Å². The zero-order valence-electron chi connectivity index (χ0n) is 9.79. The van der Waals surface area contributed by atoms with Crippen LogP contribution in [0.1, 0.15) is 11.3 Å². The average molecular weight is 242 g/mol. The Labute approximate surface area is 104 Å². The topological polar surface area (TPSA) is 19.0 Å². The predicted octanol–water partition coefficient (Wildman–Crippen LogP) is 3.37. The molecular weight excluding hydrogens is 228 g/mol. The van der Waals surface area contributed by atoms with Gasteiger partial charge in [-0.1, -0.05) is 0 Å². The molecule has 0 spiro atoms. The molecule has 86 valence electrons. The zero-order valence-corrected chi connectivity index (χ0v) is 10.6. The molecule has 3 aromatic rings. The van der Waals surface area contributed by atoms with E-state index in [1.807, 2.05) is 11.3 Å². The van der Waals surface area contributed by atoms with Crippen molar-refractivity contribution in [3.8, 4) is 0 Å². The molecule has 0 radical (unpaired) electrons. The second kappa shape index (κ2) is 3.34. The Bertz CT molecular complexity index is 707. The molecule has 0 fully saturated rings. The Kier molecular flexibility index (Phi) is 1.90. The van der Waals surface area contributed by atoms with Crippen molar-refractivity contribution in [1.82, 2.24) is 9.88 Å². The molecule has 0 aliphatic carbocycles. The van der Waals surface area contributed by atoms with E-state index < -0.39 is 0 Å². The molecule has 4 rings (SSSR count). The van der Waals surface area contributed by atoms with E-state index in [1.165, 1.54) is 32.2 Å². The molecule has 2 nitrogen and oxygen atoms in total. The highest BCUT2D eigenvalue weighted by atomic mass is 32.1. The van der Waals surface area contributed by atoms with Crippen LogP contribution in [0.2, 0.25) is 0 Å². The fourth-order valence-corrected chi connectivity index (χ4v) is 3.70. The first-order valence-electron chi connectivity index (χ1n) is 6.01. The van der Waals surface area contributed by atoms with E-state index in [0.717, 1.165) is 19.5 Å². The number of thiophene rings is 1. The highest BCUT2D eigenvalue weighted by Crippen LogP contribution is 2.35. The van der Waals surface area contributed by atoms with Crippen molar-refractivity contribution in [2.45, 2.75) is 13.0 Å². The number of aromatic nitrogens is 1. The monoisotopic (exact) mass is 242 g/mol. The van der Waals surface area contributed by atoms with Gasteiger partial charge in [0.05, 0.1) is 0 Å². The van der Waals surface area contributed by atoms with Crippen molar-refractivity contribution in [2.75, 3.05) is 13.6 Å². The first-order chi connectivity index (χ1) is 8.33. The van der Waals surface area contributed by atoms with Gasteiger partial charge in [-0.3, -0.25) is 0 Å². The minimum atomic E-state index is 1.07. The summed E-state index contributed by atoms with van der Waals surface area (Å²) in [5, 5.41) is 5.06. The van der Waals surface area contributed by atoms with Gasteiger partial charge in [-0.2, -0.15) is 0 Å². The standard InChI is InChI=1S/C14H14N2S/c1-16-6-4-11-10(8-16)14-9-5-7-17-13(9)3-2-12(14)15-11/h2-3,5,7,15H,4,6,8H2,1H3. The fourth-order valence-electron chi connectivity index (χ4n) is 2.90. The van der Waals surface area contributed by atoms with Gasteiger partial charge in [-0.15, -0.1) is 11.3 Å². The number of likely N-dealkylation sites (N-methyl/N-ethyl adjacent to an activating group) is 1. The lowest BCUT2D eigenvalue weighted by Gasteiger charge is -2.22. The summed E-state index contributed by atoms with van der Waals surface area (Å²) < 4.78 is 1.40. The Morgan fingerprint density at radius 2 is 2.24 bits per heavy atom. The molecule has 1 aliphatic heterocycles. The van der Waals surface area contributed by atoms with Gasteiger partial charge in [0.1, 0.15) is 0 Å². The van der Waals surface area contributed by atoms with Crippen LogP contribution in [0.3, 0.4) is 0 Å². The molecule has 0 amide bonds. The first-order valence-corrected chi connectivity index (χ1v) is 6.89. The van der Waals surface area contributed by atoms with Gasteiger partial charge in [0.15, 0.2) is 0 Å². The maximum Gasteiger partial charge on any atom is 0.0466 e. The number of benzene rings is 1. The van der Waals surface area contributed by atoms with Gasteiger partial charge in [-0.25, -0.2) is 0 Å². The predicted molar refractivity (Wildman–Crippen MR) is 73.7 cm³/mol. The SMILES string of the molecule is CN1CCc2[nH]c3ccc4sccc4c3c2C1. The zero-order chi connectivity index (χ0) is 11.4. The van der Waals surface area contributed by atoms with Crippen molar-refractivity contribution >= 4 is 32.3 Å². The van der Waals surface area contributed by atoms with E-state index >= 15 is 0 Å². The van der Waals surface area contributed by atoms with Crippen LogP contribution in [0.4, 0.5) is 0 Å².